The molecule has 0 unspecified atom stereocenters. The second-order valence-electron chi connectivity index (χ2n) is 3.05. The van der Waals surface area contributed by atoms with Crippen molar-refractivity contribution in [2.24, 2.45) is 0 Å². The molecule has 16 heavy (non-hydrogen) atoms. The summed E-state index contributed by atoms with van der Waals surface area (Å²) in [5.74, 6) is -4.43. The summed E-state index contributed by atoms with van der Waals surface area (Å²) in [5.41, 5.74) is -0.0516. The minimum absolute atomic E-state index is 0.0175. The monoisotopic (exact) mass is 234 g/mol. The van der Waals surface area contributed by atoms with Gasteiger partial charge in [0.05, 0.1) is 6.61 Å². The summed E-state index contributed by atoms with van der Waals surface area (Å²) in [6.07, 6.45) is -0.0175. The lowest BCUT2D eigenvalue weighted by Gasteiger charge is -2.04. The average molecular weight is 234 g/mol. The first-order chi connectivity index (χ1) is 7.50. The van der Waals surface area contributed by atoms with Crippen molar-refractivity contribution in [3.05, 3.63) is 35.1 Å². The van der Waals surface area contributed by atoms with E-state index in [0.717, 1.165) is 6.07 Å². The Morgan fingerprint density at radius 3 is 2.44 bits per heavy atom. The van der Waals surface area contributed by atoms with E-state index in [1.54, 1.807) is 0 Å². The Labute approximate surface area is 89.5 Å². The van der Waals surface area contributed by atoms with Gasteiger partial charge in [-0.05, 0) is 18.1 Å². The first-order valence-corrected chi connectivity index (χ1v) is 4.43. The molecule has 0 radical (unpaired) electrons. The lowest BCUT2D eigenvalue weighted by molar-refractivity contribution is -0.142. The van der Waals surface area contributed by atoms with E-state index in [0.29, 0.717) is 6.07 Å². The zero-order valence-corrected chi connectivity index (χ0v) is 8.17. The highest BCUT2D eigenvalue weighted by atomic mass is 19.2. The minimum Gasteiger partial charge on any atom is -0.480 e. The maximum atomic E-state index is 13.0. The number of hydrogen-bond donors (Lipinski definition) is 1. The molecule has 1 rings (SSSR count). The van der Waals surface area contributed by atoms with Gasteiger partial charge in [-0.1, -0.05) is 0 Å². The average Bonchev–Trinajstić information content (AvgIpc) is 2.19. The molecule has 1 aromatic rings. The van der Waals surface area contributed by atoms with E-state index >= 15 is 0 Å². The lowest BCUT2D eigenvalue weighted by Crippen LogP contribution is -2.09. The maximum absolute atomic E-state index is 13.0. The first kappa shape index (κ1) is 12.5. The van der Waals surface area contributed by atoms with Crippen molar-refractivity contribution < 1.29 is 27.8 Å². The smallest absolute Gasteiger partial charge is 0.329 e. The maximum Gasteiger partial charge on any atom is 0.329 e. The SMILES string of the molecule is O=C(O)COCCc1cc(F)c(F)cc1F. The molecule has 0 saturated carbocycles. The fourth-order valence-electron chi connectivity index (χ4n) is 1.10. The van der Waals surface area contributed by atoms with E-state index in [1.165, 1.54) is 0 Å². The number of hydrogen-bond acceptors (Lipinski definition) is 2. The third-order valence-corrected chi connectivity index (χ3v) is 1.83. The zero-order valence-electron chi connectivity index (χ0n) is 8.17. The van der Waals surface area contributed by atoms with Crippen LogP contribution in [-0.4, -0.2) is 24.3 Å². The molecule has 0 fully saturated rings. The Morgan fingerprint density at radius 1 is 1.19 bits per heavy atom. The van der Waals surface area contributed by atoms with Gasteiger partial charge in [-0.2, -0.15) is 0 Å². The summed E-state index contributed by atoms with van der Waals surface area (Å²) in [7, 11) is 0. The molecule has 0 aliphatic rings. The third-order valence-electron chi connectivity index (χ3n) is 1.83. The van der Waals surface area contributed by atoms with Crippen LogP contribution >= 0.6 is 0 Å². The van der Waals surface area contributed by atoms with Crippen molar-refractivity contribution in [1.82, 2.24) is 0 Å². The Balaban J connectivity index is 2.54. The number of aliphatic carboxylic acids is 1. The molecule has 0 bridgehead atoms. The van der Waals surface area contributed by atoms with Crippen molar-refractivity contribution in [2.75, 3.05) is 13.2 Å². The van der Waals surface area contributed by atoms with Crippen LogP contribution in [-0.2, 0) is 16.0 Å². The summed E-state index contributed by atoms with van der Waals surface area (Å²) >= 11 is 0. The van der Waals surface area contributed by atoms with Crippen LogP contribution in [0.5, 0.6) is 0 Å². The van der Waals surface area contributed by atoms with Gasteiger partial charge in [0, 0.05) is 6.07 Å². The van der Waals surface area contributed by atoms with Crippen molar-refractivity contribution in [1.29, 1.82) is 0 Å². The third kappa shape index (κ3) is 3.54. The molecular formula is C10H9F3O3. The Kier molecular flexibility index (Phi) is 4.30. The summed E-state index contributed by atoms with van der Waals surface area (Å²) < 4.78 is 42.9. The van der Waals surface area contributed by atoms with Crippen LogP contribution in [0.2, 0.25) is 0 Å². The highest BCUT2D eigenvalue weighted by Crippen LogP contribution is 2.14. The number of carbonyl (C=O) groups is 1. The molecule has 0 atom stereocenters. The largest absolute Gasteiger partial charge is 0.480 e. The molecular weight excluding hydrogens is 225 g/mol. The number of rotatable bonds is 5. The van der Waals surface area contributed by atoms with E-state index < -0.39 is 30.0 Å². The number of halogens is 3. The number of carboxylic acids is 1. The van der Waals surface area contributed by atoms with Crippen LogP contribution in [0.25, 0.3) is 0 Å². The highest BCUT2D eigenvalue weighted by Gasteiger charge is 2.09. The molecule has 3 nitrogen and oxygen atoms in total. The number of carboxylic acid groups (broad SMARTS) is 1. The molecule has 0 aliphatic heterocycles. The fourth-order valence-corrected chi connectivity index (χ4v) is 1.10. The predicted molar refractivity (Wildman–Crippen MR) is 48.5 cm³/mol. The minimum atomic E-state index is -1.26. The summed E-state index contributed by atoms with van der Waals surface area (Å²) in [4.78, 5) is 10.1. The van der Waals surface area contributed by atoms with E-state index in [9.17, 15) is 18.0 Å². The van der Waals surface area contributed by atoms with Crippen molar-refractivity contribution in [3.63, 3.8) is 0 Å². The van der Waals surface area contributed by atoms with Gasteiger partial charge >= 0.3 is 5.97 Å². The van der Waals surface area contributed by atoms with E-state index in [-0.39, 0.29) is 18.6 Å². The molecule has 0 heterocycles. The van der Waals surface area contributed by atoms with E-state index in [1.807, 2.05) is 0 Å². The number of benzene rings is 1. The Hall–Kier alpha value is -1.56. The molecule has 1 aromatic carbocycles. The second kappa shape index (κ2) is 5.50. The van der Waals surface area contributed by atoms with Crippen LogP contribution in [0.15, 0.2) is 12.1 Å². The van der Waals surface area contributed by atoms with Crippen LogP contribution in [0.4, 0.5) is 13.2 Å². The van der Waals surface area contributed by atoms with Gasteiger partial charge in [0.25, 0.3) is 0 Å². The molecule has 0 saturated heterocycles. The molecule has 0 aromatic heterocycles. The van der Waals surface area contributed by atoms with E-state index in [4.69, 9.17) is 5.11 Å². The van der Waals surface area contributed by atoms with Crippen molar-refractivity contribution in [2.45, 2.75) is 6.42 Å². The van der Waals surface area contributed by atoms with Crippen molar-refractivity contribution in [3.8, 4) is 0 Å². The molecule has 1 N–H and O–H groups in total. The summed E-state index contributed by atoms with van der Waals surface area (Å²) in [6.45, 7) is -0.584. The lowest BCUT2D eigenvalue weighted by atomic mass is 10.1. The molecule has 0 spiro atoms. The quantitative estimate of drug-likeness (QED) is 0.623. The van der Waals surface area contributed by atoms with Crippen LogP contribution in [0, 0.1) is 17.5 Å². The fraction of sp³-hybridized carbons (Fsp3) is 0.300. The zero-order chi connectivity index (χ0) is 12.1. The summed E-state index contributed by atoms with van der Waals surface area (Å²) in [5, 5.41) is 8.24. The highest BCUT2D eigenvalue weighted by molar-refractivity contribution is 5.67. The normalized spacial score (nSPS) is 10.4. The summed E-state index contributed by atoms with van der Waals surface area (Å²) in [6, 6.07) is 1.18. The predicted octanol–water partition coefficient (Wildman–Crippen LogP) is 1.75. The van der Waals surface area contributed by atoms with Gasteiger partial charge in [-0.3, -0.25) is 0 Å². The topological polar surface area (TPSA) is 46.5 Å². The Morgan fingerprint density at radius 2 is 1.81 bits per heavy atom. The molecule has 0 amide bonds. The van der Waals surface area contributed by atoms with Gasteiger partial charge in [-0.25, -0.2) is 18.0 Å². The van der Waals surface area contributed by atoms with Gasteiger partial charge in [0.1, 0.15) is 12.4 Å². The standard InChI is InChI=1S/C10H9F3O3/c11-7-4-9(13)8(12)3-6(7)1-2-16-5-10(14)15/h3-4H,1-2,5H2,(H,14,15). The van der Waals surface area contributed by atoms with Crippen LogP contribution < -0.4 is 0 Å². The molecule has 88 valence electrons. The van der Waals surface area contributed by atoms with Crippen molar-refractivity contribution >= 4 is 5.97 Å². The molecule has 6 heteroatoms. The molecule has 0 aliphatic carbocycles. The van der Waals surface area contributed by atoms with Gasteiger partial charge in [-0.15, -0.1) is 0 Å². The van der Waals surface area contributed by atoms with Crippen LogP contribution in [0.3, 0.4) is 0 Å². The Bertz CT molecular complexity index is 393. The van der Waals surface area contributed by atoms with Gasteiger partial charge in [0.2, 0.25) is 0 Å². The van der Waals surface area contributed by atoms with Crippen LogP contribution in [0.1, 0.15) is 5.56 Å². The second-order valence-corrected chi connectivity index (χ2v) is 3.05. The van der Waals surface area contributed by atoms with Gasteiger partial charge < -0.3 is 9.84 Å². The van der Waals surface area contributed by atoms with E-state index in [2.05, 4.69) is 4.74 Å². The number of ether oxygens (including phenoxy) is 1. The first-order valence-electron chi connectivity index (χ1n) is 4.43. The van der Waals surface area contributed by atoms with Gasteiger partial charge in [0.15, 0.2) is 11.6 Å².